The van der Waals surface area contributed by atoms with Crippen molar-refractivity contribution in [2.75, 3.05) is 25.9 Å². The van der Waals surface area contributed by atoms with Gasteiger partial charge < -0.3 is 10.6 Å². The minimum absolute atomic E-state index is 0.0598. The van der Waals surface area contributed by atoms with Crippen molar-refractivity contribution in [3.05, 3.63) is 0 Å². The Kier molecular flexibility index (Phi) is 4.55. The van der Waals surface area contributed by atoms with Crippen molar-refractivity contribution in [3.8, 4) is 0 Å². The summed E-state index contributed by atoms with van der Waals surface area (Å²) >= 11 is 0. The molecule has 1 rings (SSSR count). The summed E-state index contributed by atoms with van der Waals surface area (Å²) in [5.41, 5.74) is 0. The van der Waals surface area contributed by atoms with Gasteiger partial charge in [-0.25, -0.2) is 8.42 Å². The van der Waals surface area contributed by atoms with E-state index in [1.165, 1.54) is 6.26 Å². The second-order valence-corrected chi connectivity index (χ2v) is 8.02. The molecule has 1 fully saturated rings. The summed E-state index contributed by atoms with van der Waals surface area (Å²) in [4.78, 5) is 11.6. The Hall–Kier alpha value is -0.620. The normalized spacial score (nSPS) is 21.5. The van der Waals surface area contributed by atoms with Crippen LogP contribution in [0.15, 0.2) is 0 Å². The van der Waals surface area contributed by atoms with Gasteiger partial charge in [-0.15, -0.1) is 0 Å². The lowest BCUT2D eigenvalue weighted by atomic mass is 10.0. The van der Waals surface area contributed by atoms with Gasteiger partial charge in [-0.2, -0.15) is 0 Å². The van der Waals surface area contributed by atoms with Crippen molar-refractivity contribution in [1.82, 2.24) is 10.6 Å². The molecule has 1 unspecified atom stereocenters. The number of carbonyl (C=O) groups is 1. The Balaban J connectivity index is 2.37. The van der Waals surface area contributed by atoms with Crippen LogP contribution >= 0.6 is 0 Å². The highest BCUT2D eigenvalue weighted by molar-refractivity contribution is 7.92. The molecule has 0 aromatic carbocycles. The standard InChI is InChI=1S/C11H22N2O3S/c1-11(2,17(3,15)16)8-13-10(14)6-9-4-5-12-7-9/h9,12H,4-8H2,1-3H3,(H,13,14). The minimum Gasteiger partial charge on any atom is -0.355 e. The van der Waals surface area contributed by atoms with E-state index >= 15 is 0 Å². The highest BCUT2D eigenvalue weighted by Crippen LogP contribution is 2.15. The summed E-state index contributed by atoms with van der Waals surface area (Å²) in [6, 6.07) is 0. The number of sulfone groups is 1. The van der Waals surface area contributed by atoms with Crippen molar-refractivity contribution in [3.63, 3.8) is 0 Å². The fraction of sp³-hybridized carbons (Fsp3) is 0.909. The van der Waals surface area contributed by atoms with E-state index in [4.69, 9.17) is 0 Å². The lowest BCUT2D eigenvalue weighted by molar-refractivity contribution is -0.121. The van der Waals surface area contributed by atoms with Gasteiger partial charge in [0.25, 0.3) is 0 Å². The van der Waals surface area contributed by atoms with Crippen molar-refractivity contribution in [2.24, 2.45) is 5.92 Å². The minimum atomic E-state index is -3.15. The van der Waals surface area contributed by atoms with Crippen molar-refractivity contribution in [1.29, 1.82) is 0 Å². The third-order valence-electron chi connectivity index (χ3n) is 3.35. The molecule has 0 radical (unpaired) electrons. The van der Waals surface area contributed by atoms with E-state index in [1.807, 2.05) is 0 Å². The zero-order valence-electron chi connectivity index (χ0n) is 10.7. The van der Waals surface area contributed by atoms with E-state index < -0.39 is 14.6 Å². The third-order valence-corrected chi connectivity index (χ3v) is 5.50. The Labute approximate surface area is 103 Å². The molecular weight excluding hydrogens is 240 g/mol. The fourth-order valence-electron chi connectivity index (χ4n) is 1.67. The zero-order chi connectivity index (χ0) is 13.1. The molecule has 2 N–H and O–H groups in total. The van der Waals surface area contributed by atoms with Crippen LogP contribution in [-0.4, -0.2) is 45.0 Å². The van der Waals surface area contributed by atoms with Crippen molar-refractivity contribution < 1.29 is 13.2 Å². The quantitative estimate of drug-likeness (QED) is 0.727. The fourth-order valence-corrected chi connectivity index (χ4v) is 2.00. The first-order valence-electron chi connectivity index (χ1n) is 5.89. The van der Waals surface area contributed by atoms with Crippen LogP contribution in [0.25, 0.3) is 0 Å². The molecule has 17 heavy (non-hydrogen) atoms. The molecule has 0 aromatic rings. The van der Waals surface area contributed by atoms with E-state index in [-0.39, 0.29) is 12.5 Å². The molecule has 0 aliphatic carbocycles. The van der Waals surface area contributed by atoms with Gasteiger partial charge in [0.05, 0.1) is 4.75 Å². The maximum absolute atomic E-state index is 11.6. The molecule has 0 bridgehead atoms. The summed E-state index contributed by atoms with van der Waals surface area (Å²) in [6.07, 6.45) is 2.69. The van der Waals surface area contributed by atoms with Crippen LogP contribution in [-0.2, 0) is 14.6 Å². The smallest absolute Gasteiger partial charge is 0.220 e. The molecule has 5 nitrogen and oxygen atoms in total. The van der Waals surface area contributed by atoms with E-state index in [0.717, 1.165) is 19.5 Å². The second kappa shape index (κ2) is 5.35. The molecular formula is C11H22N2O3S. The SMILES string of the molecule is CC(C)(CNC(=O)CC1CCNC1)S(C)(=O)=O. The molecule has 0 aromatic heterocycles. The van der Waals surface area contributed by atoms with Gasteiger partial charge in [0.1, 0.15) is 0 Å². The molecule has 0 spiro atoms. The van der Waals surface area contributed by atoms with E-state index in [9.17, 15) is 13.2 Å². The predicted octanol–water partition coefficient (Wildman–Crippen LogP) is -0.0746. The van der Waals surface area contributed by atoms with Crippen molar-refractivity contribution in [2.45, 2.75) is 31.4 Å². The Morgan fingerprint density at radius 3 is 2.59 bits per heavy atom. The van der Waals surface area contributed by atoms with Crippen LogP contribution in [0.4, 0.5) is 0 Å². The highest BCUT2D eigenvalue weighted by Gasteiger charge is 2.30. The lowest BCUT2D eigenvalue weighted by Gasteiger charge is -2.23. The van der Waals surface area contributed by atoms with Gasteiger partial charge in [0, 0.05) is 19.2 Å². The van der Waals surface area contributed by atoms with Crippen LogP contribution in [0.3, 0.4) is 0 Å². The predicted molar refractivity (Wildman–Crippen MR) is 67.5 cm³/mol. The zero-order valence-corrected chi connectivity index (χ0v) is 11.6. The van der Waals surface area contributed by atoms with Gasteiger partial charge in [-0.1, -0.05) is 0 Å². The van der Waals surface area contributed by atoms with Crippen LogP contribution in [0, 0.1) is 5.92 Å². The number of amides is 1. The summed E-state index contributed by atoms with van der Waals surface area (Å²) < 4.78 is 22.0. The summed E-state index contributed by atoms with van der Waals surface area (Å²) in [7, 11) is -3.15. The third kappa shape index (κ3) is 4.27. The number of nitrogens with one attached hydrogen (secondary N) is 2. The summed E-state index contributed by atoms with van der Waals surface area (Å²) in [5, 5.41) is 5.91. The van der Waals surface area contributed by atoms with Gasteiger partial charge in [-0.05, 0) is 39.3 Å². The number of carbonyl (C=O) groups excluding carboxylic acids is 1. The van der Waals surface area contributed by atoms with Gasteiger partial charge in [-0.3, -0.25) is 4.79 Å². The first-order chi connectivity index (χ1) is 7.72. The molecule has 1 aliphatic rings. The number of hydrogen-bond acceptors (Lipinski definition) is 4. The Bertz CT molecular complexity index is 370. The Morgan fingerprint density at radius 2 is 2.12 bits per heavy atom. The van der Waals surface area contributed by atoms with E-state index in [0.29, 0.717) is 12.3 Å². The first kappa shape index (κ1) is 14.4. The molecule has 0 saturated carbocycles. The number of hydrogen-bond donors (Lipinski definition) is 2. The molecule has 1 amide bonds. The van der Waals surface area contributed by atoms with Crippen LogP contribution < -0.4 is 10.6 Å². The molecule has 100 valence electrons. The number of rotatable bonds is 5. The first-order valence-corrected chi connectivity index (χ1v) is 7.78. The molecule has 1 aliphatic heterocycles. The summed E-state index contributed by atoms with van der Waals surface area (Å²) in [6.45, 7) is 5.26. The van der Waals surface area contributed by atoms with E-state index in [2.05, 4.69) is 10.6 Å². The van der Waals surface area contributed by atoms with Gasteiger partial charge in [0.2, 0.25) is 5.91 Å². The van der Waals surface area contributed by atoms with E-state index in [1.54, 1.807) is 13.8 Å². The topological polar surface area (TPSA) is 75.3 Å². The molecule has 1 saturated heterocycles. The average molecular weight is 262 g/mol. The summed E-state index contributed by atoms with van der Waals surface area (Å²) in [5.74, 6) is 0.326. The molecule has 6 heteroatoms. The van der Waals surface area contributed by atoms with Crippen molar-refractivity contribution >= 4 is 15.7 Å². The second-order valence-electron chi connectivity index (χ2n) is 5.37. The maximum atomic E-state index is 11.6. The Morgan fingerprint density at radius 1 is 1.47 bits per heavy atom. The van der Waals surface area contributed by atoms with Gasteiger partial charge >= 0.3 is 0 Å². The monoisotopic (exact) mass is 262 g/mol. The largest absolute Gasteiger partial charge is 0.355 e. The van der Waals surface area contributed by atoms with Gasteiger partial charge in [0.15, 0.2) is 9.84 Å². The molecule has 1 heterocycles. The van der Waals surface area contributed by atoms with Crippen LogP contribution in [0.5, 0.6) is 0 Å². The average Bonchev–Trinajstić information content (AvgIpc) is 2.66. The van der Waals surface area contributed by atoms with Crippen LogP contribution in [0.2, 0.25) is 0 Å². The maximum Gasteiger partial charge on any atom is 0.220 e. The molecule has 1 atom stereocenters. The lowest BCUT2D eigenvalue weighted by Crippen LogP contribution is -2.44. The highest BCUT2D eigenvalue weighted by atomic mass is 32.2. The van der Waals surface area contributed by atoms with Crippen LogP contribution in [0.1, 0.15) is 26.7 Å².